The maximum absolute atomic E-state index is 11.9. The van der Waals surface area contributed by atoms with Crippen LogP contribution < -0.4 is 15.4 Å². The number of aromatic amines is 1. The van der Waals surface area contributed by atoms with Crippen molar-refractivity contribution in [1.29, 1.82) is 0 Å². The maximum atomic E-state index is 11.9. The number of anilines is 1. The molecule has 6 heteroatoms. The van der Waals surface area contributed by atoms with E-state index < -0.39 is 0 Å². The summed E-state index contributed by atoms with van der Waals surface area (Å²) in [6.45, 7) is 0. The van der Waals surface area contributed by atoms with E-state index in [1.807, 2.05) is 42.5 Å². The highest BCUT2D eigenvalue weighted by Gasteiger charge is 2.01. The molecule has 0 aliphatic rings. The number of fused-ring (bicyclic) bond motifs is 1. The van der Waals surface area contributed by atoms with Gasteiger partial charge in [-0.25, -0.2) is 4.79 Å². The number of nitrogens with one attached hydrogen (secondary N) is 3. The normalized spacial score (nSPS) is 10.8. The molecule has 0 aliphatic carbocycles. The van der Waals surface area contributed by atoms with Gasteiger partial charge in [0.05, 0.1) is 18.8 Å². The van der Waals surface area contributed by atoms with Crippen molar-refractivity contribution >= 4 is 28.7 Å². The first kappa shape index (κ1) is 14.6. The molecule has 2 amide bonds. The summed E-state index contributed by atoms with van der Waals surface area (Å²) in [5.41, 5.74) is 2.49. The van der Waals surface area contributed by atoms with Gasteiger partial charge in [-0.3, -0.25) is 5.10 Å². The third kappa shape index (κ3) is 3.68. The zero-order chi connectivity index (χ0) is 16.1. The van der Waals surface area contributed by atoms with Crippen LogP contribution in [0.1, 0.15) is 5.56 Å². The SMILES string of the molecule is COc1cccc(/C=C/NC(=O)Nc2ccc3cn[nH]c3c2)c1. The molecular formula is C17H16N4O2. The Hall–Kier alpha value is -3.28. The van der Waals surface area contributed by atoms with E-state index in [1.165, 1.54) is 0 Å². The van der Waals surface area contributed by atoms with Crippen LogP contribution in [0.15, 0.2) is 54.9 Å². The van der Waals surface area contributed by atoms with Gasteiger partial charge < -0.3 is 15.4 Å². The molecule has 0 saturated heterocycles. The average molecular weight is 308 g/mol. The van der Waals surface area contributed by atoms with Crippen LogP contribution in [0.2, 0.25) is 0 Å². The highest BCUT2D eigenvalue weighted by molar-refractivity contribution is 5.93. The van der Waals surface area contributed by atoms with E-state index >= 15 is 0 Å². The maximum Gasteiger partial charge on any atom is 0.323 e. The standard InChI is InChI=1S/C17H16N4O2/c1-23-15-4-2-3-12(9-15)7-8-18-17(22)20-14-6-5-13-11-19-21-16(13)10-14/h2-11H,1H3,(H,19,21)(H2,18,20,22)/b8-7+. The van der Waals surface area contributed by atoms with Crippen LogP contribution in [0.25, 0.3) is 17.0 Å². The van der Waals surface area contributed by atoms with Crippen LogP contribution >= 0.6 is 0 Å². The quantitative estimate of drug-likeness (QED) is 0.691. The lowest BCUT2D eigenvalue weighted by molar-refractivity contribution is 0.255. The Morgan fingerprint density at radius 1 is 1.26 bits per heavy atom. The Morgan fingerprint density at radius 3 is 3.04 bits per heavy atom. The third-order valence-corrected chi connectivity index (χ3v) is 3.28. The van der Waals surface area contributed by atoms with Gasteiger partial charge >= 0.3 is 6.03 Å². The number of benzene rings is 2. The van der Waals surface area contributed by atoms with Crippen LogP contribution in [0.4, 0.5) is 10.5 Å². The van der Waals surface area contributed by atoms with Crippen molar-refractivity contribution < 1.29 is 9.53 Å². The molecule has 0 aliphatic heterocycles. The molecule has 0 saturated carbocycles. The molecule has 1 aromatic heterocycles. The summed E-state index contributed by atoms with van der Waals surface area (Å²) in [5, 5.41) is 13.2. The number of hydrogen-bond acceptors (Lipinski definition) is 3. The fraction of sp³-hybridized carbons (Fsp3) is 0.0588. The summed E-state index contributed by atoms with van der Waals surface area (Å²) in [6, 6.07) is 12.8. The molecule has 0 radical (unpaired) electrons. The number of carbonyl (C=O) groups is 1. The van der Waals surface area contributed by atoms with Crippen molar-refractivity contribution in [3.8, 4) is 5.75 Å². The molecular weight excluding hydrogens is 292 g/mol. The van der Waals surface area contributed by atoms with Crippen molar-refractivity contribution in [2.45, 2.75) is 0 Å². The Labute approximate surface area is 133 Å². The molecule has 0 spiro atoms. The van der Waals surface area contributed by atoms with Gasteiger partial charge in [-0.05, 0) is 42.0 Å². The first-order chi connectivity index (χ1) is 11.2. The fourth-order valence-electron chi connectivity index (χ4n) is 2.14. The number of nitrogens with zero attached hydrogens (tertiary/aromatic N) is 1. The Bertz CT molecular complexity index is 854. The summed E-state index contributed by atoms with van der Waals surface area (Å²) in [4.78, 5) is 11.9. The molecule has 23 heavy (non-hydrogen) atoms. The zero-order valence-corrected chi connectivity index (χ0v) is 12.5. The molecule has 116 valence electrons. The molecule has 0 fully saturated rings. The molecule has 2 aromatic carbocycles. The van der Waals surface area contributed by atoms with E-state index in [9.17, 15) is 4.79 Å². The minimum absolute atomic E-state index is 0.317. The molecule has 3 rings (SSSR count). The van der Waals surface area contributed by atoms with E-state index in [0.717, 1.165) is 22.2 Å². The van der Waals surface area contributed by atoms with E-state index in [1.54, 1.807) is 25.6 Å². The van der Waals surface area contributed by atoms with Gasteiger partial charge in [0.25, 0.3) is 0 Å². The minimum Gasteiger partial charge on any atom is -0.497 e. The van der Waals surface area contributed by atoms with Gasteiger partial charge in [0.2, 0.25) is 0 Å². The summed E-state index contributed by atoms with van der Waals surface area (Å²) >= 11 is 0. The average Bonchev–Trinajstić information content (AvgIpc) is 3.02. The lowest BCUT2D eigenvalue weighted by Crippen LogP contribution is -2.23. The fourth-order valence-corrected chi connectivity index (χ4v) is 2.14. The van der Waals surface area contributed by atoms with Crippen LogP contribution in [0.3, 0.4) is 0 Å². The van der Waals surface area contributed by atoms with Crippen molar-refractivity contribution in [3.63, 3.8) is 0 Å². The van der Waals surface area contributed by atoms with Crippen molar-refractivity contribution in [1.82, 2.24) is 15.5 Å². The highest BCUT2D eigenvalue weighted by atomic mass is 16.5. The van der Waals surface area contributed by atoms with Gasteiger partial charge in [0.1, 0.15) is 5.75 Å². The molecule has 0 unspecified atom stereocenters. The highest BCUT2D eigenvalue weighted by Crippen LogP contribution is 2.16. The largest absolute Gasteiger partial charge is 0.497 e. The number of aromatic nitrogens is 2. The molecule has 6 nitrogen and oxygen atoms in total. The Morgan fingerprint density at radius 2 is 2.17 bits per heavy atom. The number of ether oxygens (including phenoxy) is 1. The molecule has 3 aromatic rings. The summed E-state index contributed by atoms with van der Waals surface area (Å²) in [7, 11) is 1.62. The Balaban J connectivity index is 1.59. The first-order valence-corrected chi connectivity index (χ1v) is 7.06. The number of urea groups is 1. The van der Waals surface area contributed by atoms with Crippen LogP contribution in [0, 0.1) is 0 Å². The Kier molecular flexibility index (Phi) is 4.24. The number of rotatable bonds is 4. The second-order valence-electron chi connectivity index (χ2n) is 4.88. The molecule has 3 N–H and O–H groups in total. The second kappa shape index (κ2) is 6.65. The number of amides is 2. The van der Waals surface area contributed by atoms with Gasteiger partial charge in [-0.15, -0.1) is 0 Å². The third-order valence-electron chi connectivity index (χ3n) is 3.28. The van der Waals surface area contributed by atoms with Crippen molar-refractivity contribution in [3.05, 3.63) is 60.4 Å². The van der Waals surface area contributed by atoms with E-state index in [-0.39, 0.29) is 6.03 Å². The zero-order valence-electron chi connectivity index (χ0n) is 12.5. The predicted molar refractivity (Wildman–Crippen MR) is 90.3 cm³/mol. The lowest BCUT2D eigenvalue weighted by atomic mass is 10.2. The van der Waals surface area contributed by atoms with Crippen molar-refractivity contribution in [2.24, 2.45) is 0 Å². The van der Waals surface area contributed by atoms with Crippen LogP contribution in [-0.2, 0) is 0 Å². The second-order valence-corrected chi connectivity index (χ2v) is 4.88. The summed E-state index contributed by atoms with van der Waals surface area (Å²) in [5.74, 6) is 0.768. The summed E-state index contributed by atoms with van der Waals surface area (Å²) in [6.07, 6.45) is 5.11. The smallest absolute Gasteiger partial charge is 0.323 e. The van der Waals surface area contributed by atoms with E-state index in [2.05, 4.69) is 20.8 Å². The van der Waals surface area contributed by atoms with Crippen molar-refractivity contribution in [2.75, 3.05) is 12.4 Å². The van der Waals surface area contributed by atoms with Gasteiger partial charge in [0, 0.05) is 17.3 Å². The van der Waals surface area contributed by atoms with Gasteiger partial charge in [0.15, 0.2) is 0 Å². The first-order valence-electron chi connectivity index (χ1n) is 7.06. The monoisotopic (exact) mass is 308 g/mol. The van der Waals surface area contributed by atoms with E-state index in [0.29, 0.717) is 5.69 Å². The number of methoxy groups -OCH3 is 1. The predicted octanol–water partition coefficient (Wildman–Crippen LogP) is 3.36. The minimum atomic E-state index is -0.317. The van der Waals surface area contributed by atoms with Gasteiger partial charge in [-0.2, -0.15) is 5.10 Å². The number of carbonyl (C=O) groups excluding carboxylic acids is 1. The van der Waals surface area contributed by atoms with Gasteiger partial charge in [-0.1, -0.05) is 12.1 Å². The number of hydrogen-bond donors (Lipinski definition) is 3. The van der Waals surface area contributed by atoms with Crippen LogP contribution in [-0.4, -0.2) is 23.3 Å². The number of H-pyrrole nitrogens is 1. The molecule has 1 heterocycles. The molecule has 0 atom stereocenters. The lowest BCUT2D eigenvalue weighted by Gasteiger charge is -2.04. The van der Waals surface area contributed by atoms with Crippen LogP contribution in [0.5, 0.6) is 5.75 Å². The molecule has 0 bridgehead atoms. The topological polar surface area (TPSA) is 79.0 Å². The summed E-state index contributed by atoms with van der Waals surface area (Å²) < 4.78 is 5.15. The van der Waals surface area contributed by atoms with E-state index in [4.69, 9.17) is 4.74 Å².